The first-order chi connectivity index (χ1) is 45.1. The zero-order chi connectivity index (χ0) is 67.1. The second kappa shape index (κ2) is 29.8. The maximum absolute atomic E-state index is 15.1. The van der Waals surface area contributed by atoms with Gasteiger partial charge in [0.2, 0.25) is 35.4 Å². The van der Waals surface area contributed by atoms with Crippen molar-refractivity contribution in [1.82, 2.24) is 41.7 Å². The second-order valence-corrected chi connectivity index (χ2v) is 24.5. The molecule has 94 heavy (non-hydrogen) atoms. The molecule has 0 radical (unpaired) electrons. The number of ether oxygens (including phenoxy) is 3. The van der Waals surface area contributed by atoms with Crippen LogP contribution in [-0.4, -0.2) is 219 Å². The summed E-state index contributed by atoms with van der Waals surface area (Å²) in [5.41, 5.74) is 14.4. The minimum absolute atomic E-state index is 0.0528. The second-order valence-electron chi connectivity index (χ2n) is 24.5. The third-order valence-corrected chi connectivity index (χ3v) is 18.0. The Hall–Kier alpha value is -9.22. The minimum atomic E-state index is -2.13. The van der Waals surface area contributed by atoms with Gasteiger partial charge in [0.15, 0.2) is 11.5 Å². The fraction of sp³-hybridized carbons (Fsp3) is 0.433. The van der Waals surface area contributed by atoms with E-state index in [2.05, 4.69) is 31.9 Å². The Morgan fingerprint density at radius 1 is 0.617 bits per heavy atom. The number of carbonyl (C=O) groups is 8. The molecule has 13 atom stereocenters. The third kappa shape index (κ3) is 15.1. The SMILES string of the molecule is C[C@@H](O)[C@@H]1NC(=O)[C@@H](N)C[C@@H](O)CNC(=O)[C@@H]2[C@@H](O)[C@@H](C)CN2C(=O)[C@H]([C@H](O)CCNC(=O)OCC2c3ccccc3-c3ccccc32)NC(=O)[C@H]([C@H](O)Cc2ccc(O)c(OCCNC(=O)OCC3c4ccccc4-c4ccccc43)c2)NC(=O)[C@@H]2C[C@@H](O)CN2C1=O. The molecule has 3 saturated heterocycles. The molecule has 0 spiro atoms. The van der Waals surface area contributed by atoms with Crippen LogP contribution in [0.3, 0.4) is 0 Å². The van der Waals surface area contributed by atoms with Gasteiger partial charge in [0.05, 0.1) is 49.2 Å². The summed E-state index contributed by atoms with van der Waals surface area (Å²) in [4.78, 5) is 115. The first-order valence-electron chi connectivity index (χ1n) is 31.3. The highest BCUT2D eigenvalue weighted by molar-refractivity contribution is 5.98. The van der Waals surface area contributed by atoms with E-state index in [0.717, 1.165) is 61.2 Å². The van der Waals surface area contributed by atoms with Crippen LogP contribution < -0.4 is 42.4 Å². The standard InChI is InChI=1S/C67H79N9O18/c1-34-30-76-58(59(34)83)63(87)71-29-37(78)27-49(68)60(84)72-55(35(2)77)64(88)75-31-38(79)28-50(75)61(85)73-56(62(86)74-57(65(76)89)52(81)21-22-69-66(90)93-32-47-43-15-7-3-11-39(43)40-12-4-8-16-44(40)47)53(82)25-36-19-20-51(80)54(26-36)92-24-23-70-67(91)94-33-48-45-17-9-5-13-41(45)42-14-6-10-18-46(42)48/h3-20,26,34-35,37-38,47-50,52-53,55-59,77-83H,21-25,27-33,68H2,1-2H3,(H,69,90)(H,70,91)(H,71,87)(H,72,84)(H,73,85)(H,74,86)/t34-,35+,37+,38+,49-,50-,52+,53+,55-,56-,57-,58-,59-/m0/s1. The molecule has 15 N–H and O–H groups in total. The number of alkyl carbamates (subject to hydrolysis) is 2. The average molecular weight is 1300 g/mol. The molecule has 3 aliphatic heterocycles. The maximum Gasteiger partial charge on any atom is 0.407 e. The zero-order valence-electron chi connectivity index (χ0n) is 51.7. The fourth-order valence-electron chi connectivity index (χ4n) is 13.1. The number of aliphatic hydroxyl groups is 6. The van der Waals surface area contributed by atoms with E-state index in [1.807, 2.05) is 97.1 Å². The van der Waals surface area contributed by atoms with E-state index in [1.165, 1.54) is 25.1 Å². The van der Waals surface area contributed by atoms with Crippen molar-refractivity contribution in [3.8, 4) is 33.8 Å². The number of benzene rings is 5. The van der Waals surface area contributed by atoms with Gasteiger partial charge in [-0.05, 0) is 82.0 Å². The Morgan fingerprint density at radius 2 is 1.14 bits per heavy atom. The molecule has 0 bridgehead atoms. The number of phenolic OH excluding ortho intramolecular Hbond substituents is 1. The molecule has 2 aliphatic carbocycles. The van der Waals surface area contributed by atoms with Crippen LogP contribution in [0, 0.1) is 5.92 Å². The van der Waals surface area contributed by atoms with Gasteiger partial charge in [0, 0.05) is 56.8 Å². The van der Waals surface area contributed by atoms with Crippen molar-refractivity contribution in [3.05, 3.63) is 143 Å². The third-order valence-electron chi connectivity index (χ3n) is 18.0. The fourth-order valence-corrected chi connectivity index (χ4v) is 13.1. The van der Waals surface area contributed by atoms with Gasteiger partial charge in [0.25, 0.3) is 0 Å². The molecule has 3 fully saturated rings. The molecular formula is C67H79N9O18. The number of rotatable bonds is 16. The van der Waals surface area contributed by atoms with E-state index in [-0.39, 0.29) is 68.4 Å². The highest BCUT2D eigenvalue weighted by Crippen LogP contribution is 2.46. The summed E-state index contributed by atoms with van der Waals surface area (Å²) in [5.74, 6) is -8.57. The topological polar surface area (TPSA) is 411 Å². The lowest BCUT2D eigenvalue weighted by Gasteiger charge is -2.34. The Balaban J connectivity index is 0.883. The van der Waals surface area contributed by atoms with Crippen molar-refractivity contribution in [1.29, 1.82) is 0 Å². The molecule has 5 aromatic rings. The number of hydrogen-bond acceptors (Lipinski definition) is 19. The molecule has 5 aromatic carbocycles. The van der Waals surface area contributed by atoms with Gasteiger partial charge < -0.3 is 97.4 Å². The number of amides is 8. The molecule has 500 valence electrons. The number of aromatic hydroxyl groups is 1. The van der Waals surface area contributed by atoms with Crippen molar-refractivity contribution in [2.75, 3.05) is 52.5 Å². The van der Waals surface area contributed by atoms with Gasteiger partial charge >= 0.3 is 12.2 Å². The quantitative estimate of drug-likeness (QED) is 0.0565. The number of phenols is 1. The van der Waals surface area contributed by atoms with Gasteiger partial charge in [-0.25, -0.2) is 9.59 Å². The summed E-state index contributed by atoms with van der Waals surface area (Å²) < 4.78 is 17.1. The molecule has 10 rings (SSSR count). The van der Waals surface area contributed by atoms with Crippen LogP contribution in [0.25, 0.3) is 22.3 Å². The molecule has 27 heteroatoms. The summed E-state index contributed by atoms with van der Waals surface area (Å²) in [6.45, 7) is 0.564. The van der Waals surface area contributed by atoms with Gasteiger partial charge in [-0.2, -0.15) is 0 Å². The predicted octanol–water partition coefficient (Wildman–Crippen LogP) is -0.284. The maximum atomic E-state index is 15.1. The molecule has 8 amide bonds. The van der Waals surface area contributed by atoms with Crippen molar-refractivity contribution < 1.29 is 88.3 Å². The smallest absolute Gasteiger partial charge is 0.407 e. The van der Waals surface area contributed by atoms with Crippen molar-refractivity contribution in [2.45, 2.75) is 124 Å². The highest BCUT2D eigenvalue weighted by Gasteiger charge is 2.50. The summed E-state index contributed by atoms with van der Waals surface area (Å²) in [6.07, 6.45) is -13.7. The molecule has 3 heterocycles. The lowest BCUT2D eigenvalue weighted by molar-refractivity contribution is -0.147. The van der Waals surface area contributed by atoms with Gasteiger partial charge in [-0.3, -0.25) is 28.8 Å². The zero-order valence-corrected chi connectivity index (χ0v) is 51.7. The Kier molecular flexibility index (Phi) is 21.5. The number of aliphatic hydroxyl groups excluding tert-OH is 6. The molecule has 0 unspecified atom stereocenters. The first-order valence-corrected chi connectivity index (χ1v) is 31.3. The molecular weight excluding hydrogens is 1220 g/mol. The summed E-state index contributed by atoms with van der Waals surface area (Å²) >= 11 is 0. The largest absolute Gasteiger partial charge is 0.504 e. The summed E-state index contributed by atoms with van der Waals surface area (Å²) in [6, 6.07) is 24.1. The molecule has 0 saturated carbocycles. The number of fused-ring (bicyclic) bond motifs is 8. The summed E-state index contributed by atoms with van der Waals surface area (Å²) in [5, 5.41) is 94.4. The van der Waals surface area contributed by atoms with Crippen LogP contribution in [0.5, 0.6) is 11.5 Å². The predicted molar refractivity (Wildman–Crippen MR) is 336 cm³/mol. The Morgan fingerprint density at radius 3 is 1.70 bits per heavy atom. The van der Waals surface area contributed by atoms with E-state index in [9.17, 15) is 64.5 Å². The monoisotopic (exact) mass is 1300 g/mol. The van der Waals surface area contributed by atoms with Crippen LogP contribution in [0.2, 0.25) is 0 Å². The van der Waals surface area contributed by atoms with E-state index >= 15 is 9.59 Å². The van der Waals surface area contributed by atoms with Crippen LogP contribution in [0.15, 0.2) is 115 Å². The lowest BCUT2D eigenvalue weighted by atomic mass is 9.98. The van der Waals surface area contributed by atoms with Crippen LogP contribution in [0.4, 0.5) is 9.59 Å². The van der Waals surface area contributed by atoms with E-state index < -0.39 is 165 Å². The molecule has 27 nitrogen and oxygen atoms in total. The van der Waals surface area contributed by atoms with Gasteiger partial charge in [-0.15, -0.1) is 0 Å². The van der Waals surface area contributed by atoms with E-state index in [0.29, 0.717) is 0 Å². The minimum Gasteiger partial charge on any atom is -0.504 e. The van der Waals surface area contributed by atoms with Crippen LogP contribution >= 0.6 is 0 Å². The van der Waals surface area contributed by atoms with E-state index in [4.69, 9.17) is 19.9 Å². The Bertz CT molecular complexity index is 3540. The Labute approximate surface area is 540 Å². The van der Waals surface area contributed by atoms with Crippen molar-refractivity contribution >= 4 is 47.6 Å². The van der Waals surface area contributed by atoms with Crippen molar-refractivity contribution in [3.63, 3.8) is 0 Å². The van der Waals surface area contributed by atoms with Crippen LogP contribution in [-0.2, 0) is 44.7 Å². The number of nitrogens with two attached hydrogens (primary N) is 1. The summed E-state index contributed by atoms with van der Waals surface area (Å²) in [7, 11) is 0. The molecule has 0 aromatic heterocycles. The number of nitrogens with one attached hydrogen (secondary N) is 6. The normalized spacial score (nSPS) is 25.3. The number of carbonyl (C=O) groups excluding carboxylic acids is 8. The van der Waals surface area contributed by atoms with Gasteiger partial charge in [0.1, 0.15) is 50.0 Å². The van der Waals surface area contributed by atoms with Crippen LogP contribution in [0.1, 0.15) is 72.8 Å². The van der Waals surface area contributed by atoms with Gasteiger partial charge in [-0.1, -0.05) is 110 Å². The van der Waals surface area contributed by atoms with E-state index in [1.54, 1.807) is 0 Å². The molecule has 5 aliphatic rings. The first kappa shape index (κ1) is 67.7. The highest BCUT2D eigenvalue weighted by atomic mass is 16.6. The number of nitrogens with zero attached hydrogens (tertiary/aromatic N) is 2. The number of β-amino-alcohol motifs (C(OH)–C–C–N with tert-alkyl or cyclic N) is 1. The average Bonchev–Trinajstić information content (AvgIpc) is 1.63. The lowest BCUT2D eigenvalue weighted by Crippen LogP contribution is -2.64. The number of hydrogen-bond donors (Lipinski definition) is 14. The van der Waals surface area contributed by atoms with Crippen molar-refractivity contribution in [2.24, 2.45) is 11.7 Å².